The van der Waals surface area contributed by atoms with Crippen molar-refractivity contribution in [3.8, 4) is 0 Å². The van der Waals surface area contributed by atoms with E-state index in [0.29, 0.717) is 11.9 Å². The van der Waals surface area contributed by atoms with Crippen molar-refractivity contribution in [2.75, 3.05) is 26.2 Å². The smallest absolute Gasteiger partial charge is 0.410 e. The van der Waals surface area contributed by atoms with Crippen molar-refractivity contribution < 1.29 is 9.53 Å². The Kier molecular flexibility index (Phi) is 6.22. The number of carbonyl (C=O) groups excluding carboxylic acids is 1. The minimum atomic E-state index is -0.167. The molecule has 1 amide bonds. The average Bonchev–Trinajstić information content (AvgIpc) is 2.62. The molecule has 3 rings (SSSR count). The largest absolute Gasteiger partial charge is 0.445 e. The Labute approximate surface area is 143 Å². The highest BCUT2D eigenvalue weighted by Crippen LogP contribution is 2.31. The highest BCUT2D eigenvalue weighted by Gasteiger charge is 2.26. The van der Waals surface area contributed by atoms with Gasteiger partial charge in [-0.25, -0.2) is 4.79 Å². The molecule has 0 spiro atoms. The molecule has 1 aromatic carbocycles. The van der Waals surface area contributed by atoms with E-state index in [1.54, 1.807) is 0 Å². The van der Waals surface area contributed by atoms with Crippen LogP contribution in [0.4, 0.5) is 4.79 Å². The molecule has 2 aliphatic rings. The maximum atomic E-state index is 12.2. The Bertz CT molecular complexity index is 483. The summed E-state index contributed by atoms with van der Waals surface area (Å²) in [6.45, 7) is 4.33. The molecule has 126 valence electrons. The maximum Gasteiger partial charge on any atom is 0.410 e. The van der Waals surface area contributed by atoms with E-state index in [4.69, 9.17) is 4.74 Å². The SMILES string of the molecule is O=C(OCc1ccccc1)N1CCC(SC2CCNCC2)CC1. The van der Waals surface area contributed by atoms with Crippen molar-refractivity contribution in [2.45, 2.75) is 42.8 Å². The molecule has 0 aromatic heterocycles. The number of benzene rings is 1. The molecule has 2 saturated heterocycles. The number of hydrogen-bond acceptors (Lipinski definition) is 4. The van der Waals surface area contributed by atoms with Gasteiger partial charge in [-0.05, 0) is 44.3 Å². The zero-order valence-electron chi connectivity index (χ0n) is 13.6. The zero-order valence-corrected chi connectivity index (χ0v) is 14.4. The van der Waals surface area contributed by atoms with E-state index < -0.39 is 0 Å². The van der Waals surface area contributed by atoms with E-state index in [1.807, 2.05) is 35.2 Å². The summed E-state index contributed by atoms with van der Waals surface area (Å²) in [5.41, 5.74) is 1.04. The first kappa shape index (κ1) is 16.7. The van der Waals surface area contributed by atoms with Gasteiger partial charge >= 0.3 is 6.09 Å². The van der Waals surface area contributed by atoms with Crippen LogP contribution in [0.25, 0.3) is 0 Å². The summed E-state index contributed by atoms with van der Waals surface area (Å²) in [6.07, 6.45) is 4.58. The molecule has 4 nitrogen and oxygen atoms in total. The van der Waals surface area contributed by atoms with Gasteiger partial charge in [0.25, 0.3) is 0 Å². The molecular weight excluding hydrogens is 308 g/mol. The average molecular weight is 334 g/mol. The van der Waals surface area contributed by atoms with Crippen LogP contribution >= 0.6 is 11.8 Å². The van der Waals surface area contributed by atoms with Gasteiger partial charge in [0.1, 0.15) is 6.61 Å². The topological polar surface area (TPSA) is 41.6 Å². The third-order valence-electron chi connectivity index (χ3n) is 4.58. The number of ether oxygens (including phenoxy) is 1. The second kappa shape index (κ2) is 8.60. The molecule has 1 N–H and O–H groups in total. The number of hydrogen-bond donors (Lipinski definition) is 1. The monoisotopic (exact) mass is 334 g/mol. The third-order valence-corrected chi connectivity index (χ3v) is 6.29. The first-order chi connectivity index (χ1) is 11.3. The molecular formula is C18H26N2O2S. The number of thioether (sulfide) groups is 1. The molecule has 2 aliphatic heterocycles. The van der Waals surface area contributed by atoms with Crippen molar-refractivity contribution in [2.24, 2.45) is 0 Å². The van der Waals surface area contributed by atoms with Gasteiger partial charge < -0.3 is 15.0 Å². The van der Waals surface area contributed by atoms with Crippen LogP contribution in [-0.2, 0) is 11.3 Å². The molecule has 5 heteroatoms. The summed E-state index contributed by atoms with van der Waals surface area (Å²) in [5.74, 6) is 0. The number of likely N-dealkylation sites (tertiary alicyclic amines) is 1. The van der Waals surface area contributed by atoms with Crippen LogP contribution < -0.4 is 5.32 Å². The molecule has 0 bridgehead atoms. The first-order valence-electron chi connectivity index (χ1n) is 8.63. The van der Waals surface area contributed by atoms with Gasteiger partial charge in [0.2, 0.25) is 0 Å². The van der Waals surface area contributed by atoms with Gasteiger partial charge in [0.05, 0.1) is 0 Å². The van der Waals surface area contributed by atoms with Crippen molar-refractivity contribution in [3.63, 3.8) is 0 Å². The van der Waals surface area contributed by atoms with Gasteiger partial charge in [0, 0.05) is 23.6 Å². The van der Waals surface area contributed by atoms with Crippen molar-refractivity contribution in [3.05, 3.63) is 35.9 Å². The van der Waals surface area contributed by atoms with Gasteiger partial charge in [-0.2, -0.15) is 11.8 Å². The Hall–Kier alpha value is -1.20. The standard InChI is InChI=1S/C18H26N2O2S/c21-18(22-14-15-4-2-1-3-5-15)20-12-8-17(9-13-20)23-16-6-10-19-11-7-16/h1-5,16-17,19H,6-14H2. The predicted octanol–water partition coefficient (Wildman–Crippen LogP) is 3.27. The quantitative estimate of drug-likeness (QED) is 0.917. The molecule has 23 heavy (non-hydrogen) atoms. The van der Waals surface area contributed by atoms with Crippen LogP contribution in [0.1, 0.15) is 31.2 Å². The summed E-state index contributed by atoms with van der Waals surface area (Å²) >= 11 is 2.15. The normalized spacial score (nSPS) is 20.4. The number of nitrogens with zero attached hydrogens (tertiary/aromatic N) is 1. The summed E-state index contributed by atoms with van der Waals surface area (Å²) in [6, 6.07) is 9.86. The fourth-order valence-electron chi connectivity index (χ4n) is 3.19. The second-order valence-corrected chi connectivity index (χ2v) is 7.92. The molecule has 1 aromatic rings. The van der Waals surface area contributed by atoms with E-state index in [0.717, 1.165) is 49.8 Å². The van der Waals surface area contributed by atoms with Crippen molar-refractivity contribution in [1.29, 1.82) is 0 Å². The third kappa shape index (κ3) is 5.15. The van der Waals surface area contributed by atoms with Crippen LogP contribution in [0, 0.1) is 0 Å². The number of nitrogens with one attached hydrogen (secondary N) is 1. The van der Waals surface area contributed by atoms with Crippen LogP contribution in [0.15, 0.2) is 30.3 Å². The molecule has 0 atom stereocenters. The van der Waals surface area contributed by atoms with Crippen LogP contribution in [0.5, 0.6) is 0 Å². The maximum absolute atomic E-state index is 12.2. The Morgan fingerprint density at radius 1 is 1.09 bits per heavy atom. The highest BCUT2D eigenvalue weighted by molar-refractivity contribution is 8.00. The summed E-state index contributed by atoms with van der Waals surface area (Å²) in [7, 11) is 0. The predicted molar refractivity (Wildman–Crippen MR) is 94.7 cm³/mol. The van der Waals surface area contributed by atoms with Crippen LogP contribution in [-0.4, -0.2) is 47.7 Å². The van der Waals surface area contributed by atoms with E-state index in [9.17, 15) is 4.79 Å². The lowest BCUT2D eigenvalue weighted by Gasteiger charge is -2.33. The lowest BCUT2D eigenvalue weighted by molar-refractivity contribution is 0.0901. The fourth-order valence-corrected chi connectivity index (χ4v) is 4.72. The van der Waals surface area contributed by atoms with E-state index >= 15 is 0 Å². The Morgan fingerprint density at radius 2 is 1.74 bits per heavy atom. The fraction of sp³-hybridized carbons (Fsp3) is 0.611. The molecule has 2 heterocycles. The van der Waals surface area contributed by atoms with Crippen molar-refractivity contribution in [1.82, 2.24) is 10.2 Å². The highest BCUT2D eigenvalue weighted by atomic mass is 32.2. The van der Waals surface area contributed by atoms with Gasteiger partial charge in [-0.3, -0.25) is 0 Å². The number of rotatable bonds is 4. The van der Waals surface area contributed by atoms with Crippen molar-refractivity contribution >= 4 is 17.9 Å². The van der Waals surface area contributed by atoms with Crippen LogP contribution in [0.3, 0.4) is 0 Å². The first-order valence-corrected chi connectivity index (χ1v) is 9.57. The van der Waals surface area contributed by atoms with E-state index in [-0.39, 0.29) is 6.09 Å². The lowest BCUT2D eigenvalue weighted by atomic mass is 10.1. The molecule has 0 unspecified atom stereocenters. The number of piperidine rings is 2. The van der Waals surface area contributed by atoms with Gasteiger partial charge in [-0.1, -0.05) is 30.3 Å². The van der Waals surface area contributed by atoms with Gasteiger partial charge in [-0.15, -0.1) is 0 Å². The minimum absolute atomic E-state index is 0.167. The van der Waals surface area contributed by atoms with Gasteiger partial charge in [0.15, 0.2) is 0 Å². The minimum Gasteiger partial charge on any atom is -0.445 e. The molecule has 0 radical (unpaired) electrons. The van der Waals surface area contributed by atoms with Crippen LogP contribution in [0.2, 0.25) is 0 Å². The van der Waals surface area contributed by atoms with E-state index in [1.165, 1.54) is 12.8 Å². The zero-order chi connectivity index (χ0) is 15.9. The molecule has 2 fully saturated rings. The summed E-state index contributed by atoms with van der Waals surface area (Å²) in [5, 5.41) is 4.93. The Morgan fingerprint density at radius 3 is 2.43 bits per heavy atom. The van der Waals surface area contributed by atoms with E-state index in [2.05, 4.69) is 17.1 Å². The Balaban J connectivity index is 1.37. The summed E-state index contributed by atoms with van der Waals surface area (Å²) < 4.78 is 5.42. The number of carbonyl (C=O) groups is 1. The lowest BCUT2D eigenvalue weighted by Crippen LogP contribution is -2.40. The number of amides is 1. The molecule has 0 saturated carbocycles. The molecule has 0 aliphatic carbocycles. The summed E-state index contributed by atoms with van der Waals surface area (Å²) in [4.78, 5) is 14.0. The second-order valence-electron chi connectivity index (χ2n) is 6.31.